The molecule has 0 amide bonds. The fraction of sp³-hybridized carbons (Fsp3) is 0. The third-order valence-corrected chi connectivity index (χ3v) is 5.23. The fourth-order valence-corrected chi connectivity index (χ4v) is 4.28. The van der Waals surface area contributed by atoms with E-state index in [2.05, 4.69) is 83.6 Å². The first kappa shape index (κ1) is 17.0. The molecule has 2 aromatic rings. The molecule has 0 radical (unpaired) electrons. The summed E-state index contributed by atoms with van der Waals surface area (Å²) in [6.45, 7) is 0. The monoisotopic (exact) mass is 376 g/mol. The second-order valence-corrected chi connectivity index (χ2v) is 6.26. The Morgan fingerprint density at radius 3 is 1.35 bits per heavy atom. The Labute approximate surface area is 126 Å². The molecule has 0 atom stereocenters. The molecule has 4 heteroatoms. The molecule has 0 unspecified atom stereocenters. The third kappa shape index (κ3) is 4.63. The van der Waals surface area contributed by atoms with Crippen LogP contribution < -0.4 is 10.6 Å². The van der Waals surface area contributed by atoms with Gasteiger partial charge in [-0.05, 0) is 0 Å². The normalized spacial score (nSPS) is 9.12. The van der Waals surface area contributed by atoms with Crippen molar-refractivity contribution in [2.24, 2.45) is 0 Å². The zero-order chi connectivity index (χ0) is 10.5. The molecule has 0 aliphatic rings. The molecule has 94 valence electrons. The van der Waals surface area contributed by atoms with Crippen molar-refractivity contribution in [3.63, 3.8) is 0 Å². The second kappa shape index (κ2) is 8.98. The van der Waals surface area contributed by atoms with Crippen molar-refractivity contribution in [1.29, 1.82) is 0 Å². The van der Waals surface area contributed by atoms with Crippen LogP contribution in [0.25, 0.3) is 0 Å². The summed E-state index contributed by atoms with van der Waals surface area (Å²) in [6.07, 6.45) is 0. The van der Waals surface area contributed by atoms with Gasteiger partial charge in [0.15, 0.2) is 0 Å². The van der Waals surface area contributed by atoms with Crippen molar-refractivity contribution < 1.29 is 18.7 Å². The van der Waals surface area contributed by atoms with Gasteiger partial charge in [-0.25, -0.2) is 0 Å². The average Bonchev–Trinajstić information content (AvgIpc) is 2.33. The molecule has 0 aliphatic heterocycles. The summed E-state index contributed by atoms with van der Waals surface area (Å²) in [7, 11) is -0.340. The first-order valence-electron chi connectivity index (χ1n) is 4.71. The number of hydrogen-bond acceptors (Lipinski definition) is 0. The van der Waals surface area contributed by atoms with Gasteiger partial charge >= 0.3 is 102 Å². The summed E-state index contributed by atoms with van der Waals surface area (Å²) < 4.78 is 2.16. The molecular formula is C13H13Cl2PPd. The van der Waals surface area contributed by atoms with Crippen molar-refractivity contribution in [2.45, 2.75) is 0 Å². The van der Waals surface area contributed by atoms with Gasteiger partial charge < -0.3 is 0 Å². The molecule has 0 saturated heterocycles. The Morgan fingerprint density at radius 2 is 1.06 bits per heavy atom. The van der Waals surface area contributed by atoms with E-state index in [1.54, 1.807) is 0 Å². The Balaban J connectivity index is 0.00000128. The molecule has 2 aromatic carbocycles. The topological polar surface area (TPSA) is 0 Å². The third-order valence-electron chi connectivity index (χ3n) is 2.15. The van der Waals surface area contributed by atoms with Crippen LogP contribution in [0, 0.1) is 0 Å². The maximum absolute atomic E-state index is 3.22. The Morgan fingerprint density at radius 1 is 0.706 bits per heavy atom. The summed E-state index contributed by atoms with van der Waals surface area (Å²) in [5.74, 6) is 0. The van der Waals surface area contributed by atoms with Gasteiger partial charge in [0, 0.05) is 0 Å². The van der Waals surface area contributed by atoms with E-state index in [1.165, 1.54) is 10.6 Å². The first-order chi connectivity index (χ1) is 7.42. The fourth-order valence-electron chi connectivity index (χ4n) is 1.42. The Hall–Kier alpha value is -0.0177. The van der Waals surface area contributed by atoms with Gasteiger partial charge in [-0.3, -0.25) is 0 Å². The Bertz CT molecular complexity index is 394. The van der Waals surface area contributed by atoms with Gasteiger partial charge in [0.05, 0.1) is 0 Å². The van der Waals surface area contributed by atoms with Crippen molar-refractivity contribution in [3.8, 4) is 0 Å². The Kier molecular flexibility index (Phi) is 8.98. The van der Waals surface area contributed by atoms with Crippen molar-refractivity contribution >= 4 is 47.6 Å². The van der Waals surface area contributed by atoms with Gasteiger partial charge in [-0.15, -0.1) is 24.8 Å². The van der Waals surface area contributed by atoms with Crippen LogP contribution >= 0.6 is 32.7 Å². The molecule has 0 fully saturated rings. The summed E-state index contributed by atoms with van der Waals surface area (Å²) in [4.78, 5) is 0. The quantitative estimate of drug-likeness (QED) is 0.569. The standard InChI is InChI=1S/C13H11P.2ClH.Pd/c1-14(12-8-4-2-5-9-12)13-10-6-3-7-11-13;;;/h1-11H;2*1H;. The molecule has 0 nitrogen and oxygen atoms in total. The molecule has 17 heavy (non-hydrogen) atoms. The van der Waals surface area contributed by atoms with Crippen LogP contribution in [0.5, 0.6) is 0 Å². The summed E-state index contributed by atoms with van der Waals surface area (Å²) in [6, 6.07) is 21.2. The average molecular weight is 378 g/mol. The van der Waals surface area contributed by atoms with Gasteiger partial charge in [0.25, 0.3) is 0 Å². The summed E-state index contributed by atoms with van der Waals surface area (Å²) >= 11 is 3.22. The van der Waals surface area contributed by atoms with Crippen LogP contribution in [0.3, 0.4) is 0 Å². The minimum atomic E-state index is -0.340. The van der Waals surface area contributed by atoms with E-state index < -0.39 is 0 Å². The SMILES string of the molecule is Cl.Cl.[Pd]=[CH]P(c1ccccc1)c1ccccc1. The first-order valence-corrected chi connectivity index (χ1v) is 7.02. The van der Waals surface area contributed by atoms with Gasteiger partial charge in [-0.2, -0.15) is 0 Å². The maximum atomic E-state index is 3.22. The molecular weight excluding hydrogens is 364 g/mol. The van der Waals surface area contributed by atoms with Crippen LogP contribution in [0.15, 0.2) is 60.7 Å². The summed E-state index contributed by atoms with van der Waals surface area (Å²) in [5, 5.41) is 2.76. The predicted molar refractivity (Wildman–Crippen MR) is 79.6 cm³/mol. The zero-order valence-electron chi connectivity index (χ0n) is 8.93. The number of benzene rings is 2. The molecule has 2 rings (SSSR count). The van der Waals surface area contributed by atoms with Crippen molar-refractivity contribution in [1.82, 2.24) is 0 Å². The number of rotatable bonds is 3. The van der Waals surface area contributed by atoms with E-state index in [0.29, 0.717) is 0 Å². The van der Waals surface area contributed by atoms with E-state index >= 15 is 0 Å². The molecule has 0 spiro atoms. The van der Waals surface area contributed by atoms with E-state index in [-0.39, 0.29) is 32.7 Å². The van der Waals surface area contributed by atoms with E-state index in [9.17, 15) is 0 Å². The minimum absolute atomic E-state index is 0. The molecule has 0 bridgehead atoms. The van der Waals surface area contributed by atoms with Crippen molar-refractivity contribution in [2.75, 3.05) is 0 Å². The molecule has 0 N–H and O–H groups in total. The van der Waals surface area contributed by atoms with E-state index in [4.69, 9.17) is 0 Å². The van der Waals surface area contributed by atoms with Crippen LogP contribution in [0.4, 0.5) is 0 Å². The van der Waals surface area contributed by atoms with Gasteiger partial charge in [0.1, 0.15) is 0 Å². The summed E-state index contributed by atoms with van der Waals surface area (Å²) in [5.41, 5.74) is 0. The van der Waals surface area contributed by atoms with E-state index in [0.717, 1.165) is 0 Å². The number of hydrogen-bond donors (Lipinski definition) is 0. The molecule has 0 aliphatic carbocycles. The molecule has 0 aromatic heterocycles. The van der Waals surface area contributed by atoms with Crippen molar-refractivity contribution in [3.05, 3.63) is 60.7 Å². The number of halogens is 2. The van der Waals surface area contributed by atoms with Crippen LogP contribution in [-0.4, -0.2) is 4.23 Å². The predicted octanol–water partition coefficient (Wildman–Crippen LogP) is 3.27. The van der Waals surface area contributed by atoms with E-state index in [1.807, 2.05) is 0 Å². The zero-order valence-corrected chi connectivity index (χ0v) is 13.0. The van der Waals surface area contributed by atoms with Gasteiger partial charge in [0.2, 0.25) is 0 Å². The molecule has 0 heterocycles. The second-order valence-electron chi connectivity index (χ2n) is 3.12. The van der Waals surface area contributed by atoms with Crippen LogP contribution in [0.2, 0.25) is 0 Å². The molecule has 0 saturated carbocycles. The van der Waals surface area contributed by atoms with Crippen LogP contribution in [-0.2, 0) is 18.7 Å². The van der Waals surface area contributed by atoms with Crippen LogP contribution in [0.1, 0.15) is 0 Å². The van der Waals surface area contributed by atoms with Gasteiger partial charge in [-0.1, -0.05) is 0 Å².